The summed E-state index contributed by atoms with van der Waals surface area (Å²) in [6.45, 7) is 0. The van der Waals surface area contributed by atoms with E-state index in [0.29, 0.717) is 28.3 Å². The Morgan fingerprint density at radius 2 is 1.92 bits per heavy atom. The number of aliphatic hydroxyl groups is 1. The van der Waals surface area contributed by atoms with E-state index < -0.39 is 12.0 Å². The molecule has 1 atom stereocenters. The van der Waals surface area contributed by atoms with Gasteiger partial charge in [0.25, 0.3) is 0 Å². The molecule has 1 aliphatic rings. The quantitative estimate of drug-likeness (QED) is 0.189. The summed E-state index contributed by atoms with van der Waals surface area (Å²) < 4.78 is 21.4. The van der Waals surface area contributed by atoms with Gasteiger partial charge >= 0.3 is 0 Å². The molecule has 39 heavy (non-hydrogen) atoms. The minimum Gasteiger partial charge on any atom is -0.472 e. The van der Waals surface area contributed by atoms with Gasteiger partial charge in [-0.05, 0) is 31.0 Å². The Hall–Kier alpha value is -4.57. The van der Waals surface area contributed by atoms with Crippen molar-refractivity contribution in [1.82, 2.24) is 30.1 Å². The third kappa shape index (κ3) is 4.22. The zero-order valence-electron chi connectivity index (χ0n) is 21.0. The van der Waals surface area contributed by atoms with Crippen LogP contribution in [0.1, 0.15) is 32.1 Å². The van der Waals surface area contributed by atoms with Crippen LogP contribution in [0.4, 0.5) is 10.1 Å². The standard InChI is InChI=1S/C29H26FN7O2/c30-24-23-22(14-32-25(24)18-11-19(13-31-12-18)33-29(38)16-5-2-1-3-6-16)36-37-27(23)28-34-21-8-4-7-20(26(21)35-28)17-9-10-39-15-17/h4,7-16,29,33,38H,1-3,5-6H2,(H,34,35)(H,36,37). The van der Waals surface area contributed by atoms with Gasteiger partial charge in [-0.25, -0.2) is 9.37 Å². The number of hydrogen-bond donors (Lipinski definition) is 4. The molecule has 9 nitrogen and oxygen atoms in total. The number of H-pyrrole nitrogens is 2. The van der Waals surface area contributed by atoms with Crippen LogP contribution >= 0.6 is 0 Å². The third-order valence-electron chi connectivity index (χ3n) is 7.54. The number of anilines is 1. The molecule has 0 saturated heterocycles. The monoisotopic (exact) mass is 523 g/mol. The summed E-state index contributed by atoms with van der Waals surface area (Å²) in [5, 5.41) is 21.4. The van der Waals surface area contributed by atoms with E-state index in [0.717, 1.165) is 47.8 Å². The van der Waals surface area contributed by atoms with Crippen LogP contribution in [0.5, 0.6) is 0 Å². The van der Waals surface area contributed by atoms with E-state index >= 15 is 4.39 Å². The fraction of sp³-hybridized carbons (Fsp3) is 0.241. The predicted molar refractivity (Wildman–Crippen MR) is 146 cm³/mol. The lowest BCUT2D eigenvalue weighted by Gasteiger charge is -2.27. The van der Waals surface area contributed by atoms with E-state index in [2.05, 4.69) is 30.5 Å². The summed E-state index contributed by atoms with van der Waals surface area (Å²) in [7, 11) is 0. The number of rotatable bonds is 6. The van der Waals surface area contributed by atoms with E-state index in [4.69, 9.17) is 9.40 Å². The molecule has 1 fully saturated rings. The van der Waals surface area contributed by atoms with Gasteiger partial charge in [-0.2, -0.15) is 5.10 Å². The second kappa shape index (κ2) is 9.63. The first kappa shape index (κ1) is 23.5. The van der Waals surface area contributed by atoms with Gasteiger partial charge in [-0.1, -0.05) is 31.4 Å². The number of aliphatic hydroxyl groups excluding tert-OH is 1. The number of imidazole rings is 1. The van der Waals surface area contributed by atoms with Crippen LogP contribution in [0.15, 0.2) is 65.9 Å². The number of para-hydroxylation sites is 1. The van der Waals surface area contributed by atoms with Crippen molar-refractivity contribution in [2.45, 2.75) is 38.3 Å². The number of aromatic amines is 2. The number of fused-ring (bicyclic) bond motifs is 2. The second-order valence-electron chi connectivity index (χ2n) is 10.0. The minimum absolute atomic E-state index is 0.142. The molecule has 0 spiro atoms. The van der Waals surface area contributed by atoms with Crippen molar-refractivity contribution in [1.29, 1.82) is 0 Å². The maximum Gasteiger partial charge on any atom is 0.161 e. The number of pyridine rings is 2. The zero-order valence-corrected chi connectivity index (χ0v) is 21.0. The number of halogens is 1. The summed E-state index contributed by atoms with van der Waals surface area (Å²) >= 11 is 0. The summed E-state index contributed by atoms with van der Waals surface area (Å²) in [5.41, 5.74) is 5.40. The first-order valence-electron chi connectivity index (χ1n) is 13.1. The lowest BCUT2D eigenvalue weighted by Crippen LogP contribution is -2.30. The molecular weight excluding hydrogens is 497 g/mol. The summed E-state index contributed by atoms with van der Waals surface area (Å²) in [5.74, 6) is 0.103. The molecule has 0 radical (unpaired) electrons. The van der Waals surface area contributed by atoms with E-state index in [-0.39, 0.29) is 17.0 Å². The van der Waals surface area contributed by atoms with Gasteiger partial charge in [0.1, 0.15) is 17.6 Å². The van der Waals surface area contributed by atoms with Crippen LogP contribution in [0.3, 0.4) is 0 Å². The summed E-state index contributed by atoms with van der Waals surface area (Å²) in [4.78, 5) is 16.7. The largest absolute Gasteiger partial charge is 0.472 e. The molecule has 5 aromatic heterocycles. The molecule has 1 saturated carbocycles. The molecule has 1 unspecified atom stereocenters. The van der Waals surface area contributed by atoms with Crippen molar-refractivity contribution < 1.29 is 13.9 Å². The number of aromatic nitrogens is 6. The smallest absolute Gasteiger partial charge is 0.161 e. The zero-order chi connectivity index (χ0) is 26.3. The summed E-state index contributed by atoms with van der Waals surface area (Å²) in [6.07, 6.45) is 12.8. The van der Waals surface area contributed by atoms with Gasteiger partial charge in [0.05, 0.1) is 52.5 Å². The van der Waals surface area contributed by atoms with Gasteiger partial charge in [0.15, 0.2) is 11.6 Å². The molecule has 6 aromatic rings. The fourth-order valence-electron chi connectivity index (χ4n) is 5.53. The summed E-state index contributed by atoms with van der Waals surface area (Å²) in [6, 6.07) is 9.43. The van der Waals surface area contributed by atoms with Crippen molar-refractivity contribution in [2.75, 3.05) is 5.32 Å². The van der Waals surface area contributed by atoms with Gasteiger partial charge in [0, 0.05) is 28.8 Å². The van der Waals surface area contributed by atoms with Crippen molar-refractivity contribution in [3.63, 3.8) is 0 Å². The molecule has 4 N–H and O–H groups in total. The molecule has 0 aliphatic heterocycles. The molecule has 5 heterocycles. The Morgan fingerprint density at radius 3 is 2.77 bits per heavy atom. The highest BCUT2D eigenvalue weighted by Crippen LogP contribution is 2.35. The molecule has 0 amide bonds. The SMILES string of the molecule is OC(Nc1cncc(-c2ncc3[nH]nc(-c4nc5c(-c6ccoc6)cccc5[nH]4)c3c2F)c1)C1CCCCC1. The van der Waals surface area contributed by atoms with Crippen LogP contribution in [-0.2, 0) is 0 Å². The lowest BCUT2D eigenvalue weighted by atomic mass is 9.88. The average Bonchev–Trinajstić information content (AvgIpc) is 3.73. The molecule has 10 heteroatoms. The van der Waals surface area contributed by atoms with Gasteiger partial charge in [-0.3, -0.25) is 15.1 Å². The molecule has 1 aromatic carbocycles. The molecular formula is C29H26FN7O2. The Balaban J connectivity index is 1.26. The van der Waals surface area contributed by atoms with E-state index in [9.17, 15) is 5.11 Å². The fourth-order valence-corrected chi connectivity index (χ4v) is 5.53. The van der Waals surface area contributed by atoms with Crippen molar-refractivity contribution in [2.24, 2.45) is 5.92 Å². The van der Waals surface area contributed by atoms with Gasteiger partial charge in [-0.15, -0.1) is 0 Å². The van der Waals surface area contributed by atoms with E-state index in [1.165, 1.54) is 6.42 Å². The first-order chi connectivity index (χ1) is 19.2. The average molecular weight is 524 g/mol. The van der Waals surface area contributed by atoms with Crippen LogP contribution in [0.2, 0.25) is 0 Å². The Morgan fingerprint density at radius 1 is 1.03 bits per heavy atom. The number of hydrogen-bond acceptors (Lipinski definition) is 7. The first-order valence-corrected chi connectivity index (χ1v) is 13.1. The molecule has 0 bridgehead atoms. The molecule has 1 aliphatic carbocycles. The number of nitrogens with zero attached hydrogens (tertiary/aromatic N) is 4. The highest BCUT2D eigenvalue weighted by atomic mass is 19.1. The van der Waals surface area contributed by atoms with Crippen molar-refractivity contribution >= 4 is 27.6 Å². The minimum atomic E-state index is -0.678. The Bertz CT molecular complexity index is 1770. The van der Waals surface area contributed by atoms with Crippen LogP contribution < -0.4 is 5.32 Å². The lowest BCUT2D eigenvalue weighted by molar-refractivity contribution is 0.109. The van der Waals surface area contributed by atoms with Gasteiger partial charge < -0.3 is 19.8 Å². The van der Waals surface area contributed by atoms with E-state index in [1.807, 2.05) is 24.3 Å². The van der Waals surface area contributed by atoms with Crippen molar-refractivity contribution in [3.8, 4) is 33.9 Å². The number of benzene rings is 1. The second-order valence-corrected chi connectivity index (χ2v) is 10.0. The van der Waals surface area contributed by atoms with Crippen molar-refractivity contribution in [3.05, 3.63) is 67.3 Å². The molecule has 196 valence electrons. The highest BCUT2D eigenvalue weighted by molar-refractivity contribution is 5.98. The number of nitrogens with one attached hydrogen (secondary N) is 3. The predicted octanol–water partition coefficient (Wildman–Crippen LogP) is 6.27. The van der Waals surface area contributed by atoms with Crippen LogP contribution in [-0.4, -0.2) is 41.5 Å². The van der Waals surface area contributed by atoms with Crippen LogP contribution in [0.25, 0.3) is 55.8 Å². The third-order valence-corrected chi connectivity index (χ3v) is 7.54. The number of furan rings is 1. The van der Waals surface area contributed by atoms with Crippen LogP contribution in [0, 0.1) is 11.7 Å². The van der Waals surface area contributed by atoms with Gasteiger partial charge in [0.2, 0.25) is 0 Å². The molecule has 7 rings (SSSR count). The Kier molecular flexibility index (Phi) is 5.81. The maximum atomic E-state index is 16.1. The maximum absolute atomic E-state index is 16.1. The highest BCUT2D eigenvalue weighted by Gasteiger charge is 2.23. The normalized spacial score (nSPS) is 15.2. The topological polar surface area (TPSA) is 129 Å². The Labute approximate surface area is 222 Å². The van der Waals surface area contributed by atoms with E-state index in [1.54, 1.807) is 37.2 Å².